The topological polar surface area (TPSA) is 76.4 Å². The molecule has 142 valence electrons. The first-order valence-electron chi connectivity index (χ1n) is 9.00. The predicted octanol–water partition coefficient (Wildman–Crippen LogP) is 2.00. The Balaban J connectivity index is 1.69. The second-order valence-electron chi connectivity index (χ2n) is 5.64. The van der Waals surface area contributed by atoms with Gasteiger partial charge in [-0.25, -0.2) is 4.39 Å². The van der Waals surface area contributed by atoms with Crippen LogP contribution in [0.15, 0.2) is 35.6 Å². The van der Waals surface area contributed by atoms with E-state index >= 15 is 0 Å². The number of nitrogens with one attached hydrogen (secondary N) is 2. The molecule has 0 atom stereocenters. The minimum atomic E-state index is -0.263. The lowest BCUT2D eigenvalue weighted by Crippen LogP contribution is -2.39. The molecule has 1 aromatic carbocycles. The van der Waals surface area contributed by atoms with Crippen LogP contribution in [-0.2, 0) is 13.0 Å². The van der Waals surface area contributed by atoms with Crippen molar-refractivity contribution in [3.63, 3.8) is 0 Å². The largest absolute Gasteiger partial charge is 0.494 e. The van der Waals surface area contributed by atoms with Crippen molar-refractivity contribution in [1.29, 1.82) is 0 Å². The lowest BCUT2D eigenvalue weighted by atomic mass is 10.3. The summed E-state index contributed by atoms with van der Waals surface area (Å²) in [6.07, 6.45) is 3.39. The summed E-state index contributed by atoms with van der Waals surface area (Å²) in [5.74, 6) is 2.16. The van der Waals surface area contributed by atoms with E-state index in [1.165, 1.54) is 12.1 Å². The fraction of sp³-hybridized carbons (Fsp3) is 0.500. The zero-order chi connectivity index (χ0) is 18.6. The maximum Gasteiger partial charge on any atom is 0.191 e. The number of rotatable bonds is 10. The zero-order valence-electron chi connectivity index (χ0n) is 15.4. The number of aromatic nitrogens is 3. The van der Waals surface area contributed by atoms with E-state index in [4.69, 9.17) is 4.74 Å². The minimum Gasteiger partial charge on any atom is -0.494 e. The Bertz CT molecular complexity index is 671. The van der Waals surface area contributed by atoms with Gasteiger partial charge in [-0.05, 0) is 31.2 Å². The summed E-state index contributed by atoms with van der Waals surface area (Å²) in [5.41, 5.74) is 0. The van der Waals surface area contributed by atoms with Gasteiger partial charge < -0.3 is 19.9 Å². The Hall–Kier alpha value is -2.64. The molecule has 1 aromatic heterocycles. The average molecular weight is 362 g/mol. The highest BCUT2D eigenvalue weighted by Crippen LogP contribution is 2.11. The van der Waals surface area contributed by atoms with E-state index in [9.17, 15) is 4.39 Å². The van der Waals surface area contributed by atoms with Crippen molar-refractivity contribution in [2.75, 3.05) is 26.2 Å². The maximum absolute atomic E-state index is 12.8. The molecule has 0 aliphatic carbocycles. The number of guanidine groups is 1. The lowest BCUT2D eigenvalue weighted by Gasteiger charge is -2.12. The molecule has 7 nitrogen and oxygen atoms in total. The van der Waals surface area contributed by atoms with Crippen LogP contribution in [0, 0.1) is 5.82 Å². The molecule has 0 saturated carbocycles. The fourth-order valence-corrected chi connectivity index (χ4v) is 2.35. The molecule has 26 heavy (non-hydrogen) atoms. The van der Waals surface area contributed by atoms with Crippen molar-refractivity contribution < 1.29 is 9.13 Å². The van der Waals surface area contributed by atoms with Gasteiger partial charge in [0.05, 0.1) is 6.61 Å². The van der Waals surface area contributed by atoms with Crippen LogP contribution in [0.2, 0.25) is 0 Å². The van der Waals surface area contributed by atoms with Crippen molar-refractivity contribution in [2.24, 2.45) is 4.99 Å². The van der Waals surface area contributed by atoms with Crippen LogP contribution in [0.25, 0.3) is 0 Å². The molecule has 1 heterocycles. The highest BCUT2D eigenvalue weighted by atomic mass is 19.1. The number of ether oxygens (including phenoxy) is 1. The van der Waals surface area contributed by atoms with Gasteiger partial charge in [-0.1, -0.05) is 6.92 Å². The van der Waals surface area contributed by atoms with Crippen molar-refractivity contribution in [3.8, 4) is 5.75 Å². The summed E-state index contributed by atoms with van der Waals surface area (Å²) < 4.78 is 20.4. The van der Waals surface area contributed by atoms with Gasteiger partial charge in [-0.3, -0.25) is 4.99 Å². The Morgan fingerprint density at radius 2 is 2.04 bits per heavy atom. The molecule has 0 bridgehead atoms. The smallest absolute Gasteiger partial charge is 0.191 e. The summed E-state index contributed by atoms with van der Waals surface area (Å²) in [5, 5.41) is 14.5. The van der Waals surface area contributed by atoms with E-state index in [-0.39, 0.29) is 5.82 Å². The van der Waals surface area contributed by atoms with Crippen molar-refractivity contribution >= 4 is 5.96 Å². The summed E-state index contributed by atoms with van der Waals surface area (Å²) in [6, 6.07) is 6.03. The molecule has 0 aliphatic heterocycles. The highest BCUT2D eigenvalue weighted by molar-refractivity contribution is 5.79. The molecule has 8 heteroatoms. The van der Waals surface area contributed by atoms with E-state index in [1.54, 1.807) is 18.5 Å². The van der Waals surface area contributed by atoms with Gasteiger partial charge in [0.2, 0.25) is 0 Å². The number of hydrogen-bond donors (Lipinski definition) is 2. The molecular weight excluding hydrogens is 335 g/mol. The number of nitrogens with zero attached hydrogens (tertiary/aromatic N) is 4. The van der Waals surface area contributed by atoms with Gasteiger partial charge in [0, 0.05) is 39.0 Å². The van der Waals surface area contributed by atoms with Crippen molar-refractivity contribution in [3.05, 3.63) is 42.2 Å². The third-order valence-electron chi connectivity index (χ3n) is 3.66. The van der Waals surface area contributed by atoms with Crippen LogP contribution in [0.3, 0.4) is 0 Å². The Kier molecular flexibility index (Phi) is 8.38. The Labute approximate surface area is 153 Å². The fourth-order valence-electron chi connectivity index (χ4n) is 2.35. The molecule has 0 spiro atoms. The zero-order valence-corrected chi connectivity index (χ0v) is 15.4. The van der Waals surface area contributed by atoms with E-state index in [0.29, 0.717) is 18.9 Å². The number of aryl methyl sites for hydroxylation is 1. The van der Waals surface area contributed by atoms with E-state index < -0.39 is 0 Å². The second kappa shape index (κ2) is 11.1. The molecule has 0 saturated heterocycles. The predicted molar refractivity (Wildman–Crippen MR) is 99.9 cm³/mol. The molecule has 0 unspecified atom stereocenters. The van der Waals surface area contributed by atoms with Crippen LogP contribution < -0.4 is 15.4 Å². The molecule has 2 aromatic rings. The number of hydrogen-bond acceptors (Lipinski definition) is 4. The van der Waals surface area contributed by atoms with Crippen LogP contribution in [-0.4, -0.2) is 47.0 Å². The van der Waals surface area contributed by atoms with Crippen LogP contribution in [0.4, 0.5) is 4.39 Å². The van der Waals surface area contributed by atoms with E-state index in [1.807, 2.05) is 11.5 Å². The van der Waals surface area contributed by atoms with Gasteiger partial charge in [0.25, 0.3) is 0 Å². The summed E-state index contributed by atoms with van der Waals surface area (Å²) in [7, 11) is 0. The van der Waals surface area contributed by atoms with Crippen LogP contribution in [0.5, 0.6) is 5.75 Å². The molecule has 0 radical (unpaired) electrons. The Morgan fingerprint density at radius 1 is 1.23 bits per heavy atom. The standard InChI is InChI=1S/C18H27FN6O/c1-3-17-24-23-14-25(17)12-11-22-18(20-4-2)21-10-5-13-26-16-8-6-15(19)7-9-16/h6-9,14H,3-5,10-13H2,1-2H3,(H2,20,21,22). The monoisotopic (exact) mass is 362 g/mol. The summed E-state index contributed by atoms with van der Waals surface area (Å²) in [4.78, 5) is 4.53. The first-order chi connectivity index (χ1) is 12.7. The quantitative estimate of drug-likeness (QED) is 0.384. The molecular formula is C18H27FN6O. The SMILES string of the molecule is CCNC(=NCCCOc1ccc(F)cc1)NCCn1cnnc1CC. The summed E-state index contributed by atoms with van der Waals surface area (Å²) >= 11 is 0. The van der Waals surface area contributed by atoms with E-state index in [0.717, 1.165) is 44.3 Å². The summed E-state index contributed by atoms with van der Waals surface area (Å²) in [6.45, 7) is 7.59. The van der Waals surface area contributed by atoms with Gasteiger partial charge >= 0.3 is 0 Å². The van der Waals surface area contributed by atoms with Gasteiger partial charge in [-0.2, -0.15) is 0 Å². The normalized spacial score (nSPS) is 11.4. The second-order valence-corrected chi connectivity index (χ2v) is 5.64. The third-order valence-corrected chi connectivity index (χ3v) is 3.66. The van der Waals surface area contributed by atoms with Gasteiger partial charge in [0.1, 0.15) is 23.7 Å². The lowest BCUT2D eigenvalue weighted by molar-refractivity contribution is 0.313. The van der Waals surface area contributed by atoms with Gasteiger partial charge in [-0.15, -0.1) is 10.2 Å². The number of aliphatic imine (C=N–C) groups is 1. The van der Waals surface area contributed by atoms with Crippen molar-refractivity contribution in [2.45, 2.75) is 33.2 Å². The van der Waals surface area contributed by atoms with Crippen LogP contribution >= 0.6 is 0 Å². The maximum atomic E-state index is 12.8. The average Bonchev–Trinajstić information content (AvgIpc) is 3.10. The molecule has 0 aliphatic rings. The molecule has 2 rings (SSSR count). The van der Waals surface area contributed by atoms with Crippen molar-refractivity contribution in [1.82, 2.24) is 25.4 Å². The highest BCUT2D eigenvalue weighted by Gasteiger charge is 2.02. The first kappa shape index (κ1) is 19.7. The number of halogens is 1. The van der Waals surface area contributed by atoms with E-state index in [2.05, 4.69) is 32.7 Å². The minimum absolute atomic E-state index is 0.263. The molecule has 2 N–H and O–H groups in total. The Morgan fingerprint density at radius 3 is 2.77 bits per heavy atom. The molecule has 0 amide bonds. The third kappa shape index (κ3) is 6.70. The molecule has 0 fully saturated rings. The van der Waals surface area contributed by atoms with Gasteiger partial charge in [0.15, 0.2) is 5.96 Å². The van der Waals surface area contributed by atoms with Crippen LogP contribution in [0.1, 0.15) is 26.1 Å². The number of benzene rings is 1. The first-order valence-corrected chi connectivity index (χ1v) is 9.00.